The van der Waals surface area contributed by atoms with Crippen LogP contribution in [0.1, 0.15) is 17.5 Å². The van der Waals surface area contributed by atoms with Crippen LogP contribution in [0.5, 0.6) is 5.75 Å². The number of ether oxygens (including phenoxy) is 3. The molecule has 35 heavy (non-hydrogen) atoms. The van der Waals surface area contributed by atoms with Crippen LogP contribution in [0.15, 0.2) is 54.6 Å². The van der Waals surface area contributed by atoms with Crippen molar-refractivity contribution < 1.29 is 54.4 Å². The number of aliphatic hydroxyl groups excluding tert-OH is 4. The number of carbonyl (C=O) groups is 2. The summed E-state index contributed by atoms with van der Waals surface area (Å²) in [5, 5.41) is 58.9. The zero-order valence-corrected chi connectivity index (χ0v) is 18.6. The van der Waals surface area contributed by atoms with E-state index in [9.17, 15) is 40.2 Å². The summed E-state index contributed by atoms with van der Waals surface area (Å²) >= 11 is 0. The number of carboxylic acids is 1. The molecular weight excluding hydrogens is 464 g/mol. The van der Waals surface area contributed by atoms with Crippen molar-refractivity contribution in [2.45, 2.75) is 55.8 Å². The van der Waals surface area contributed by atoms with E-state index in [0.29, 0.717) is 11.1 Å². The highest BCUT2D eigenvalue weighted by Crippen LogP contribution is 2.25. The van der Waals surface area contributed by atoms with E-state index in [2.05, 4.69) is 0 Å². The highest BCUT2D eigenvalue weighted by Gasteiger charge is 2.44. The molecule has 6 N–H and O–H groups in total. The minimum Gasteiger partial charge on any atom is -0.479 e. The van der Waals surface area contributed by atoms with Crippen LogP contribution < -0.4 is 4.74 Å². The van der Waals surface area contributed by atoms with Crippen molar-refractivity contribution in [2.24, 2.45) is 0 Å². The normalized spacial score (nSPS) is 25.9. The van der Waals surface area contributed by atoms with Crippen molar-refractivity contribution in [1.29, 1.82) is 0 Å². The lowest BCUT2D eigenvalue weighted by Crippen LogP contribution is -2.60. The summed E-state index contributed by atoms with van der Waals surface area (Å²) in [7, 11) is 0. The lowest BCUT2D eigenvalue weighted by molar-refractivity contribution is -0.277. The first-order valence-corrected chi connectivity index (χ1v) is 10.8. The summed E-state index contributed by atoms with van der Waals surface area (Å²) in [4.78, 5) is 23.8. The molecule has 1 heterocycles. The number of benzene rings is 2. The Bertz CT molecular complexity index is 979. The molecule has 0 radical (unpaired) electrons. The third-order valence-corrected chi connectivity index (χ3v) is 5.60. The molecule has 1 aliphatic rings. The average molecular weight is 492 g/mol. The van der Waals surface area contributed by atoms with E-state index in [1.54, 1.807) is 42.5 Å². The molecular formula is C24H28O11. The van der Waals surface area contributed by atoms with Crippen LogP contribution in [0.2, 0.25) is 0 Å². The molecule has 2 aromatic carbocycles. The second-order valence-corrected chi connectivity index (χ2v) is 8.30. The molecule has 190 valence electrons. The lowest BCUT2D eigenvalue weighted by Gasteiger charge is -2.39. The Kier molecular flexibility index (Phi) is 8.78. The zero-order chi connectivity index (χ0) is 25.6. The summed E-state index contributed by atoms with van der Waals surface area (Å²) < 4.78 is 15.9. The third-order valence-electron chi connectivity index (χ3n) is 5.60. The van der Waals surface area contributed by atoms with Gasteiger partial charge in [0, 0.05) is 6.42 Å². The van der Waals surface area contributed by atoms with Gasteiger partial charge in [0.2, 0.25) is 6.29 Å². The van der Waals surface area contributed by atoms with E-state index < -0.39 is 61.3 Å². The van der Waals surface area contributed by atoms with Crippen molar-refractivity contribution in [3.05, 3.63) is 65.7 Å². The maximum Gasteiger partial charge on any atom is 0.336 e. The van der Waals surface area contributed by atoms with Gasteiger partial charge in [0.25, 0.3) is 0 Å². The summed E-state index contributed by atoms with van der Waals surface area (Å²) in [5.74, 6) is -2.20. The van der Waals surface area contributed by atoms with E-state index in [-0.39, 0.29) is 18.8 Å². The predicted octanol–water partition coefficient (Wildman–Crippen LogP) is -0.643. The Labute approximate surface area is 200 Å². The zero-order valence-electron chi connectivity index (χ0n) is 18.6. The highest BCUT2D eigenvalue weighted by molar-refractivity contribution is 5.84. The van der Waals surface area contributed by atoms with Crippen molar-refractivity contribution in [3.8, 4) is 5.75 Å². The van der Waals surface area contributed by atoms with Gasteiger partial charge in [-0.1, -0.05) is 42.5 Å². The predicted molar refractivity (Wildman–Crippen MR) is 118 cm³/mol. The monoisotopic (exact) mass is 492 g/mol. The number of aliphatic hydroxyl groups is 5. The molecule has 0 aliphatic carbocycles. The van der Waals surface area contributed by atoms with Crippen LogP contribution in [0.3, 0.4) is 0 Å². The minimum atomic E-state index is -2.32. The molecule has 6 unspecified atom stereocenters. The molecule has 11 nitrogen and oxygen atoms in total. The summed E-state index contributed by atoms with van der Waals surface area (Å²) in [6.07, 6.45) is -8.08. The van der Waals surface area contributed by atoms with Crippen LogP contribution >= 0.6 is 0 Å². The number of carbonyl (C=O) groups excluding carboxylic acids is 1. The first kappa shape index (κ1) is 26.5. The fraction of sp³-hybridized carbons (Fsp3) is 0.417. The summed E-state index contributed by atoms with van der Waals surface area (Å²) in [5.41, 5.74) is -1.23. The Hall–Kier alpha value is -3.06. The van der Waals surface area contributed by atoms with Crippen molar-refractivity contribution in [2.75, 3.05) is 6.61 Å². The van der Waals surface area contributed by atoms with E-state index >= 15 is 0 Å². The van der Waals surface area contributed by atoms with Crippen LogP contribution in [-0.4, -0.2) is 85.5 Å². The molecule has 0 bridgehead atoms. The Morgan fingerprint density at radius 3 is 2.17 bits per heavy atom. The van der Waals surface area contributed by atoms with Crippen molar-refractivity contribution in [3.63, 3.8) is 0 Å². The average Bonchev–Trinajstić information content (AvgIpc) is 2.84. The topological polar surface area (TPSA) is 183 Å². The van der Waals surface area contributed by atoms with Gasteiger partial charge < -0.3 is 44.8 Å². The highest BCUT2D eigenvalue weighted by atomic mass is 16.7. The smallest absolute Gasteiger partial charge is 0.336 e. The number of esters is 1. The van der Waals surface area contributed by atoms with Gasteiger partial charge in [0.1, 0.15) is 36.8 Å². The maximum atomic E-state index is 12.2. The Morgan fingerprint density at radius 1 is 0.914 bits per heavy atom. The van der Waals surface area contributed by atoms with Gasteiger partial charge in [0.05, 0.1) is 13.0 Å². The number of aliphatic carboxylic acids is 1. The minimum absolute atomic E-state index is 0.194. The standard InChI is InChI=1S/C24H28O11/c25-12-17-19(27)20(28)21(29)22(35-17)34-16-8-6-15(7-9-16)13-33-18(26)11-24(32,23(30)31)10-14-4-2-1-3-5-14/h1-9,17,19-22,25,27-29,32H,10-13H2,(H,30,31). The van der Waals surface area contributed by atoms with E-state index in [0.717, 1.165) is 0 Å². The Morgan fingerprint density at radius 2 is 1.57 bits per heavy atom. The number of carboxylic acid groups (broad SMARTS) is 1. The SMILES string of the molecule is O=C(CC(O)(Cc1ccccc1)C(=O)O)OCc1ccc(OC2OC(CO)C(O)C(O)C2O)cc1. The first-order chi connectivity index (χ1) is 16.6. The first-order valence-electron chi connectivity index (χ1n) is 10.8. The number of rotatable bonds is 10. The number of hydrogen-bond acceptors (Lipinski definition) is 10. The molecule has 1 fully saturated rings. The molecule has 1 aliphatic heterocycles. The second kappa shape index (κ2) is 11.6. The van der Waals surface area contributed by atoms with Gasteiger partial charge in [-0.05, 0) is 23.3 Å². The summed E-state index contributed by atoms with van der Waals surface area (Å²) in [6.45, 7) is -0.780. The van der Waals surface area contributed by atoms with Gasteiger partial charge in [-0.15, -0.1) is 0 Å². The third kappa shape index (κ3) is 6.75. The molecule has 0 aromatic heterocycles. The largest absolute Gasteiger partial charge is 0.479 e. The molecule has 0 saturated carbocycles. The molecule has 1 saturated heterocycles. The van der Waals surface area contributed by atoms with Crippen LogP contribution in [0.25, 0.3) is 0 Å². The van der Waals surface area contributed by atoms with E-state index in [4.69, 9.17) is 14.2 Å². The fourth-order valence-corrected chi connectivity index (χ4v) is 3.56. The summed E-state index contributed by atoms with van der Waals surface area (Å²) in [6, 6.07) is 14.5. The van der Waals surface area contributed by atoms with Gasteiger partial charge in [-0.25, -0.2) is 4.79 Å². The van der Waals surface area contributed by atoms with Crippen molar-refractivity contribution >= 4 is 11.9 Å². The second-order valence-electron chi connectivity index (χ2n) is 8.30. The molecule has 2 aromatic rings. The maximum absolute atomic E-state index is 12.2. The van der Waals surface area contributed by atoms with E-state index in [1.807, 2.05) is 0 Å². The Balaban J connectivity index is 1.54. The van der Waals surface area contributed by atoms with Gasteiger partial charge in [-0.2, -0.15) is 0 Å². The van der Waals surface area contributed by atoms with Gasteiger partial charge in [0.15, 0.2) is 5.60 Å². The quantitative estimate of drug-likeness (QED) is 0.232. The van der Waals surface area contributed by atoms with Crippen LogP contribution in [0.4, 0.5) is 0 Å². The molecule has 11 heteroatoms. The van der Waals surface area contributed by atoms with Crippen molar-refractivity contribution in [1.82, 2.24) is 0 Å². The lowest BCUT2D eigenvalue weighted by atomic mass is 9.91. The van der Waals surface area contributed by atoms with E-state index in [1.165, 1.54) is 12.1 Å². The molecule has 0 amide bonds. The van der Waals surface area contributed by atoms with Crippen LogP contribution in [-0.2, 0) is 32.1 Å². The fourth-order valence-electron chi connectivity index (χ4n) is 3.56. The molecule has 6 atom stereocenters. The molecule has 3 rings (SSSR count). The molecule has 0 spiro atoms. The van der Waals surface area contributed by atoms with Crippen LogP contribution in [0, 0.1) is 0 Å². The number of hydrogen-bond donors (Lipinski definition) is 6. The van der Waals surface area contributed by atoms with Gasteiger partial charge >= 0.3 is 11.9 Å². The van der Waals surface area contributed by atoms with Gasteiger partial charge in [-0.3, -0.25) is 4.79 Å².